The van der Waals surface area contributed by atoms with Gasteiger partial charge in [0, 0.05) is 11.7 Å². The molecule has 0 aromatic carbocycles. The fourth-order valence-corrected chi connectivity index (χ4v) is 1.31. The van der Waals surface area contributed by atoms with Gasteiger partial charge in [-0.3, -0.25) is 4.79 Å². The minimum Gasteiger partial charge on any atom is -0.480 e. The van der Waals surface area contributed by atoms with E-state index in [0.717, 1.165) is 0 Å². The largest absolute Gasteiger partial charge is 0.480 e. The lowest BCUT2D eigenvalue weighted by Gasteiger charge is -2.25. The Balaban J connectivity index is 4.31. The van der Waals surface area contributed by atoms with Gasteiger partial charge in [0.1, 0.15) is 5.54 Å². The van der Waals surface area contributed by atoms with Crippen molar-refractivity contribution >= 4 is 23.6 Å². The number of hydrogen-bond donors (Lipinski definition) is 2. The number of rotatable bonds is 6. The van der Waals surface area contributed by atoms with Crippen LogP contribution in [-0.4, -0.2) is 34.0 Å². The zero-order chi connectivity index (χ0) is 12.1. The Morgan fingerprint density at radius 1 is 1.53 bits per heavy atom. The first kappa shape index (κ1) is 14.3. The van der Waals surface area contributed by atoms with Crippen molar-refractivity contribution in [3.05, 3.63) is 0 Å². The van der Waals surface area contributed by atoms with Crippen molar-refractivity contribution in [1.29, 1.82) is 0 Å². The summed E-state index contributed by atoms with van der Waals surface area (Å²) >= 11 is 1.59. The maximum Gasteiger partial charge on any atom is 0.329 e. The second-order valence-corrected chi connectivity index (χ2v) is 5.07. The molecule has 2 unspecified atom stereocenters. The van der Waals surface area contributed by atoms with Crippen LogP contribution in [0, 0.1) is 0 Å². The third-order valence-corrected chi connectivity index (χ3v) is 3.44. The summed E-state index contributed by atoms with van der Waals surface area (Å²) in [6, 6.07) is 0. The molecule has 0 aliphatic heterocycles. The van der Waals surface area contributed by atoms with Crippen LogP contribution >= 0.6 is 11.8 Å². The van der Waals surface area contributed by atoms with Crippen molar-refractivity contribution in [3.63, 3.8) is 0 Å². The molecule has 0 saturated carbocycles. The molecule has 0 saturated heterocycles. The molecule has 4 nitrogen and oxygen atoms in total. The lowest BCUT2D eigenvalue weighted by atomic mass is 9.99. The smallest absolute Gasteiger partial charge is 0.329 e. The van der Waals surface area contributed by atoms with Gasteiger partial charge in [-0.1, -0.05) is 13.8 Å². The molecule has 0 rings (SSSR count). The number of carbonyl (C=O) groups excluding carboxylic acids is 1. The minimum atomic E-state index is -1.14. The molecule has 0 aromatic heterocycles. The van der Waals surface area contributed by atoms with Crippen LogP contribution in [-0.2, 0) is 9.59 Å². The van der Waals surface area contributed by atoms with Gasteiger partial charge in [0.25, 0.3) is 0 Å². The van der Waals surface area contributed by atoms with Gasteiger partial charge < -0.3 is 10.4 Å². The molecule has 0 aliphatic rings. The van der Waals surface area contributed by atoms with Crippen LogP contribution in [0.5, 0.6) is 0 Å². The lowest BCUT2D eigenvalue weighted by Crippen LogP contribution is -2.52. The molecular formula is C10H19NO3S. The predicted molar refractivity (Wildman–Crippen MR) is 62.1 cm³/mol. The molecule has 0 spiro atoms. The fraction of sp³-hybridized carbons (Fsp3) is 0.800. The van der Waals surface area contributed by atoms with E-state index in [1.807, 2.05) is 13.2 Å². The van der Waals surface area contributed by atoms with Crippen LogP contribution in [0.3, 0.4) is 0 Å². The number of hydrogen-bond acceptors (Lipinski definition) is 3. The summed E-state index contributed by atoms with van der Waals surface area (Å²) in [5.74, 6) is -1.20. The first-order valence-electron chi connectivity index (χ1n) is 4.93. The molecule has 0 aromatic rings. The van der Waals surface area contributed by atoms with Gasteiger partial charge in [-0.05, 0) is 19.6 Å². The average Bonchev–Trinajstić information content (AvgIpc) is 2.16. The summed E-state index contributed by atoms with van der Waals surface area (Å²) in [5, 5.41) is 11.7. The van der Waals surface area contributed by atoms with Gasteiger partial charge in [0.2, 0.25) is 5.91 Å². The van der Waals surface area contributed by atoms with E-state index in [-0.39, 0.29) is 11.2 Å². The third-order valence-electron chi connectivity index (χ3n) is 2.47. The summed E-state index contributed by atoms with van der Waals surface area (Å²) in [4.78, 5) is 22.4. The summed E-state index contributed by atoms with van der Waals surface area (Å²) in [6.07, 6.45) is 2.65. The topological polar surface area (TPSA) is 66.4 Å². The van der Waals surface area contributed by atoms with Crippen molar-refractivity contribution in [2.24, 2.45) is 0 Å². The standard InChI is InChI=1S/C10H19NO3S/c1-5-10(3,9(13)14)11-8(12)6-7(2)15-4/h7H,5-6H2,1-4H3,(H,11,12)(H,13,14). The van der Waals surface area contributed by atoms with Crippen molar-refractivity contribution in [2.75, 3.05) is 6.26 Å². The molecule has 88 valence electrons. The van der Waals surface area contributed by atoms with Crippen LogP contribution in [0.4, 0.5) is 0 Å². The minimum absolute atomic E-state index is 0.205. The molecule has 0 fully saturated rings. The first-order chi connectivity index (χ1) is 6.85. The van der Waals surface area contributed by atoms with E-state index in [2.05, 4.69) is 5.32 Å². The van der Waals surface area contributed by atoms with Gasteiger partial charge in [-0.15, -0.1) is 0 Å². The van der Waals surface area contributed by atoms with E-state index in [0.29, 0.717) is 12.8 Å². The highest BCUT2D eigenvalue weighted by molar-refractivity contribution is 7.99. The Kier molecular flexibility index (Phi) is 5.72. The van der Waals surface area contributed by atoms with Crippen molar-refractivity contribution in [3.8, 4) is 0 Å². The highest BCUT2D eigenvalue weighted by Crippen LogP contribution is 2.13. The van der Waals surface area contributed by atoms with Crippen molar-refractivity contribution < 1.29 is 14.7 Å². The maximum atomic E-state index is 11.5. The molecule has 2 atom stereocenters. The van der Waals surface area contributed by atoms with Crippen LogP contribution in [0.2, 0.25) is 0 Å². The molecule has 1 amide bonds. The maximum absolute atomic E-state index is 11.5. The number of aliphatic carboxylic acids is 1. The number of carboxylic acid groups (broad SMARTS) is 1. The summed E-state index contributed by atoms with van der Waals surface area (Å²) in [5.41, 5.74) is -1.14. The molecule has 2 N–H and O–H groups in total. The van der Waals surface area contributed by atoms with E-state index >= 15 is 0 Å². The van der Waals surface area contributed by atoms with Gasteiger partial charge >= 0.3 is 5.97 Å². The number of amides is 1. The zero-order valence-electron chi connectivity index (χ0n) is 9.66. The van der Waals surface area contributed by atoms with Crippen molar-refractivity contribution in [1.82, 2.24) is 5.32 Å². The van der Waals surface area contributed by atoms with E-state index in [4.69, 9.17) is 5.11 Å². The molecule has 0 heterocycles. The summed E-state index contributed by atoms with van der Waals surface area (Å²) in [7, 11) is 0. The van der Waals surface area contributed by atoms with Gasteiger partial charge in [-0.2, -0.15) is 11.8 Å². The monoisotopic (exact) mass is 233 g/mol. The Morgan fingerprint density at radius 2 is 2.07 bits per heavy atom. The zero-order valence-corrected chi connectivity index (χ0v) is 10.5. The molecule has 0 radical (unpaired) electrons. The van der Waals surface area contributed by atoms with E-state index in [1.165, 1.54) is 6.92 Å². The summed E-state index contributed by atoms with van der Waals surface area (Å²) in [6.45, 7) is 5.21. The second-order valence-electron chi connectivity index (χ2n) is 3.79. The highest BCUT2D eigenvalue weighted by Gasteiger charge is 2.32. The molecule has 5 heteroatoms. The van der Waals surface area contributed by atoms with Crippen LogP contribution in [0.15, 0.2) is 0 Å². The van der Waals surface area contributed by atoms with Crippen LogP contribution in [0.25, 0.3) is 0 Å². The number of carboxylic acids is 1. The Labute approximate surface area is 94.8 Å². The van der Waals surface area contributed by atoms with Crippen LogP contribution < -0.4 is 5.32 Å². The second kappa shape index (κ2) is 6.00. The highest BCUT2D eigenvalue weighted by atomic mass is 32.2. The molecular weight excluding hydrogens is 214 g/mol. The molecule has 0 aliphatic carbocycles. The van der Waals surface area contributed by atoms with E-state index in [9.17, 15) is 9.59 Å². The summed E-state index contributed by atoms with van der Waals surface area (Å²) < 4.78 is 0. The fourth-order valence-electron chi connectivity index (χ4n) is 0.996. The molecule has 0 bridgehead atoms. The normalized spacial score (nSPS) is 16.5. The van der Waals surface area contributed by atoms with E-state index in [1.54, 1.807) is 18.7 Å². The number of carbonyl (C=O) groups is 2. The number of thioether (sulfide) groups is 1. The van der Waals surface area contributed by atoms with Crippen molar-refractivity contribution in [2.45, 2.75) is 44.4 Å². The predicted octanol–water partition coefficient (Wildman–Crippen LogP) is 1.50. The van der Waals surface area contributed by atoms with E-state index < -0.39 is 11.5 Å². The van der Waals surface area contributed by atoms with Gasteiger partial charge in [-0.25, -0.2) is 4.79 Å². The quantitative estimate of drug-likeness (QED) is 0.729. The SMILES string of the molecule is CCC(C)(NC(=O)CC(C)SC)C(=O)O. The lowest BCUT2D eigenvalue weighted by molar-refractivity contribution is -0.147. The van der Waals surface area contributed by atoms with Gasteiger partial charge in [0.05, 0.1) is 0 Å². The first-order valence-corrected chi connectivity index (χ1v) is 6.21. The Hall–Kier alpha value is -0.710. The third kappa shape index (κ3) is 4.55. The average molecular weight is 233 g/mol. The van der Waals surface area contributed by atoms with Crippen LogP contribution in [0.1, 0.15) is 33.6 Å². The number of nitrogens with one attached hydrogen (secondary N) is 1. The molecule has 15 heavy (non-hydrogen) atoms. The van der Waals surface area contributed by atoms with Gasteiger partial charge in [0.15, 0.2) is 0 Å². The Bertz CT molecular complexity index is 245. The Morgan fingerprint density at radius 3 is 2.40 bits per heavy atom.